The summed E-state index contributed by atoms with van der Waals surface area (Å²) in [7, 11) is 0. The predicted molar refractivity (Wildman–Crippen MR) is 76.5 cm³/mol. The Morgan fingerprint density at radius 2 is 2.22 bits per heavy atom. The summed E-state index contributed by atoms with van der Waals surface area (Å²) in [6.07, 6.45) is 5.25. The summed E-state index contributed by atoms with van der Waals surface area (Å²) < 4.78 is 0. The molecule has 3 rings (SSSR count). The van der Waals surface area contributed by atoms with E-state index in [1.165, 1.54) is 36.1 Å². The maximum Gasteiger partial charge on any atom is 0.0957 e. The smallest absolute Gasteiger partial charge is 0.0957 e. The summed E-state index contributed by atoms with van der Waals surface area (Å²) in [6.45, 7) is 2.00. The molecule has 0 saturated heterocycles. The highest BCUT2D eigenvalue weighted by Crippen LogP contribution is 2.34. The molecule has 2 heterocycles. The van der Waals surface area contributed by atoms with E-state index in [0.29, 0.717) is 6.42 Å². The van der Waals surface area contributed by atoms with Crippen molar-refractivity contribution in [3.63, 3.8) is 0 Å². The van der Waals surface area contributed by atoms with Crippen LogP contribution in [-0.4, -0.2) is 10.1 Å². The third kappa shape index (κ3) is 2.51. The monoisotopic (exact) mass is 279 g/mol. The van der Waals surface area contributed by atoms with Crippen LogP contribution in [-0.2, 0) is 19.3 Å². The maximum absolute atomic E-state index is 10.3. The van der Waals surface area contributed by atoms with Gasteiger partial charge in [0.2, 0.25) is 0 Å². The molecule has 96 valence electrons. The zero-order chi connectivity index (χ0) is 12.5. The van der Waals surface area contributed by atoms with Gasteiger partial charge >= 0.3 is 0 Å². The summed E-state index contributed by atoms with van der Waals surface area (Å²) >= 11 is 3.44. The van der Waals surface area contributed by atoms with Crippen molar-refractivity contribution in [1.82, 2.24) is 4.98 Å². The second kappa shape index (κ2) is 5.11. The Labute approximate surface area is 115 Å². The van der Waals surface area contributed by atoms with Crippen molar-refractivity contribution in [2.45, 2.75) is 45.1 Å². The van der Waals surface area contributed by atoms with E-state index in [-0.39, 0.29) is 6.10 Å². The van der Waals surface area contributed by atoms with Gasteiger partial charge in [-0.1, -0.05) is 0 Å². The Bertz CT molecular complexity index is 520. The van der Waals surface area contributed by atoms with Crippen LogP contribution in [0.4, 0.5) is 0 Å². The number of hydrogen-bond donors (Lipinski definition) is 1. The number of hydrogen-bond acceptors (Lipinski definition) is 4. The van der Waals surface area contributed by atoms with Gasteiger partial charge in [-0.05, 0) is 44.2 Å². The van der Waals surface area contributed by atoms with Crippen LogP contribution in [0.2, 0.25) is 0 Å². The van der Waals surface area contributed by atoms with Crippen LogP contribution < -0.4 is 0 Å². The van der Waals surface area contributed by atoms with Crippen LogP contribution >= 0.6 is 22.7 Å². The number of nitrogens with zero attached hydrogens (tertiary/aromatic N) is 1. The van der Waals surface area contributed by atoms with Crippen LogP contribution in [0.25, 0.3) is 0 Å². The van der Waals surface area contributed by atoms with Gasteiger partial charge in [0.05, 0.1) is 11.1 Å². The van der Waals surface area contributed by atoms with E-state index >= 15 is 0 Å². The van der Waals surface area contributed by atoms with Gasteiger partial charge in [0.25, 0.3) is 0 Å². The molecule has 0 fully saturated rings. The van der Waals surface area contributed by atoms with Crippen molar-refractivity contribution in [2.24, 2.45) is 0 Å². The molecule has 0 bridgehead atoms. The third-order valence-corrected chi connectivity index (χ3v) is 5.71. The van der Waals surface area contributed by atoms with Crippen LogP contribution in [0.5, 0.6) is 0 Å². The number of aliphatic hydroxyl groups excluding tert-OH is 1. The topological polar surface area (TPSA) is 33.1 Å². The van der Waals surface area contributed by atoms with Gasteiger partial charge in [-0.3, -0.25) is 0 Å². The number of thiazole rings is 1. The Balaban J connectivity index is 1.75. The van der Waals surface area contributed by atoms with Gasteiger partial charge < -0.3 is 5.11 Å². The van der Waals surface area contributed by atoms with E-state index in [9.17, 15) is 5.11 Å². The van der Waals surface area contributed by atoms with Crippen LogP contribution in [0.15, 0.2) is 11.4 Å². The molecule has 4 heteroatoms. The molecule has 2 aromatic heterocycles. The molecule has 1 atom stereocenters. The largest absolute Gasteiger partial charge is 0.387 e. The second-order valence-corrected chi connectivity index (χ2v) is 7.02. The molecular weight excluding hydrogens is 262 g/mol. The van der Waals surface area contributed by atoms with Crippen molar-refractivity contribution >= 4 is 22.7 Å². The van der Waals surface area contributed by atoms with Gasteiger partial charge in [0.15, 0.2) is 0 Å². The standard InChI is InChI=1S/C14H17NOS2/c1-9-8-17-14(15-9)7-11(16)13-6-10-4-2-3-5-12(10)18-13/h6,8,11,16H,2-5,7H2,1H3. The molecule has 1 aliphatic carbocycles. The van der Waals surface area contributed by atoms with E-state index in [2.05, 4.69) is 11.1 Å². The zero-order valence-electron chi connectivity index (χ0n) is 10.5. The fourth-order valence-electron chi connectivity index (χ4n) is 2.44. The average molecular weight is 279 g/mol. The lowest BCUT2D eigenvalue weighted by Gasteiger charge is -2.08. The molecule has 0 saturated carbocycles. The Hall–Kier alpha value is -0.710. The van der Waals surface area contributed by atoms with E-state index < -0.39 is 0 Å². The van der Waals surface area contributed by atoms with Gasteiger partial charge in [0.1, 0.15) is 0 Å². The van der Waals surface area contributed by atoms with Crippen LogP contribution in [0.3, 0.4) is 0 Å². The lowest BCUT2D eigenvalue weighted by molar-refractivity contribution is 0.182. The van der Waals surface area contributed by atoms with Crippen molar-refractivity contribution in [1.29, 1.82) is 0 Å². The van der Waals surface area contributed by atoms with Crippen LogP contribution in [0, 0.1) is 6.92 Å². The third-order valence-electron chi connectivity index (χ3n) is 3.38. The molecule has 18 heavy (non-hydrogen) atoms. The van der Waals surface area contributed by atoms with Crippen molar-refractivity contribution in [2.75, 3.05) is 0 Å². The average Bonchev–Trinajstić information content (AvgIpc) is 2.95. The van der Waals surface area contributed by atoms with Crippen molar-refractivity contribution < 1.29 is 5.11 Å². The van der Waals surface area contributed by atoms with E-state index in [1.54, 1.807) is 22.7 Å². The SMILES string of the molecule is Cc1csc(CC(O)c2cc3c(s2)CCCC3)n1. The molecule has 0 radical (unpaired) electrons. The van der Waals surface area contributed by atoms with Crippen LogP contribution in [0.1, 0.15) is 45.0 Å². The number of aryl methyl sites for hydroxylation is 3. The first-order valence-corrected chi connectivity index (χ1v) is 8.12. The van der Waals surface area contributed by atoms with Crippen molar-refractivity contribution in [3.05, 3.63) is 37.5 Å². The predicted octanol–water partition coefficient (Wildman–Crippen LogP) is 3.67. The first-order chi connectivity index (χ1) is 8.72. The minimum absolute atomic E-state index is 0.383. The molecule has 2 nitrogen and oxygen atoms in total. The molecule has 1 aliphatic rings. The summed E-state index contributed by atoms with van der Waals surface area (Å²) in [5, 5.41) is 13.4. The minimum atomic E-state index is -0.383. The van der Waals surface area contributed by atoms with E-state index in [4.69, 9.17) is 0 Å². The summed E-state index contributed by atoms with van der Waals surface area (Å²) in [4.78, 5) is 7.03. The van der Waals surface area contributed by atoms with Crippen molar-refractivity contribution in [3.8, 4) is 0 Å². The molecule has 0 aliphatic heterocycles. The summed E-state index contributed by atoms with van der Waals surface area (Å²) in [5.41, 5.74) is 2.52. The number of fused-ring (bicyclic) bond motifs is 1. The van der Waals surface area contributed by atoms with Gasteiger partial charge in [0, 0.05) is 27.2 Å². The molecular formula is C14H17NOS2. The minimum Gasteiger partial charge on any atom is -0.387 e. The fourth-order valence-corrected chi connectivity index (χ4v) is 4.49. The first-order valence-electron chi connectivity index (χ1n) is 6.43. The quantitative estimate of drug-likeness (QED) is 0.930. The molecule has 0 aromatic carbocycles. The Morgan fingerprint density at radius 1 is 1.39 bits per heavy atom. The number of thiophene rings is 1. The molecule has 2 aromatic rings. The highest BCUT2D eigenvalue weighted by molar-refractivity contribution is 7.12. The lowest BCUT2D eigenvalue weighted by atomic mass is 9.99. The normalized spacial score (nSPS) is 16.6. The first kappa shape index (κ1) is 12.3. The van der Waals surface area contributed by atoms with Gasteiger partial charge in [-0.2, -0.15) is 0 Å². The zero-order valence-corrected chi connectivity index (χ0v) is 12.1. The summed E-state index contributed by atoms with van der Waals surface area (Å²) in [6, 6.07) is 2.21. The molecule has 1 unspecified atom stereocenters. The maximum atomic E-state index is 10.3. The lowest BCUT2D eigenvalue weighted by Crippen LogP contribution is -1.99. The number of aliphatic hydroxyl groups is 1. The molecule has 1 N–H and O–H groups in total. The molecule has 0 spiro atoms. The number of rotatable bonds is 3. The number of aromatic nitrogens is 1. The fraction of sp³-hybridized carbons (Fsp3) is 0.500. The molecule has 0 amide bonds. The van der Waals surface area contributed by atoms with E-state index in [0.717, 1.165) is 15.6 Å². The summed E-state index contributed by atoms with van der Waals surface area (Å²) in [5.74, 6) is 0. The second-order valence-electron chi connectivity index (χ2n) is 4.91. The van der Waals surface area contributed by atoms with Gasteiger partial charge in [-0.15, -0.1) is 22.7 Å². The highest BCUT2D eigenvalue weighted by atomic mass is 32.1. The van der Waals surface area contributed by atoms with E-state index in [1.807, 2.05) is 12.3 Å². The Kier molecular flexibility index (Phi) is 3.50. The Morgan fingerprint density at radius 3 is 2.94 bits per heavy atom. The van der Waals surface area contributed by atoms with Gasteiger partial charge in [-0.25, -0.2) is 4.98 Å². The highest BCUT2D eigenvalue weighted by Gasteiger charge is 2.18.